The van der Waals surface area contributed by atoms with Crippen molar-refractivity contribution in [1.82, 2.24) is 4.72 Å². The number of amides is 1. The largest absolute Gasteiger partial charge is 0.372 e. The molecule has 2 aromatic carbocycles. The summed E-state index contributed by atoms with van der Waals surface area (Å²) in [6, 6.07) is 17.0. The topological polar surface area (TPSA) is 78.5 Å². The van der Waals surface area contributed by atoms with E-state index < -0.39 is 10.0 Å². The second kappa shape index (κ2) is 10.2. The molecule has 0 spiro atoms. The summed E-state index contributed by atoms with van der Waals surface area (Å²) in [6.07, 6.45) is 5.30. The van der Waals surface area contributed by atoms with E-state index in [2.05, 4.69) is 14.9 Å². The Morgan fingerprint density at radius 1 is 0.966 bits per heavy atom. The lowest BCUT2D eigenvalue weighted by atomic mass is 10.1. The van der Waals surface area contributed by atoms with Crippen molar-refractivity contribution in [3.8, 4) is 0 Å². The fourth-order valence-electron chi connectivity index (χ4n) is 3.22. The number of sulfonamides is 1. The summed E-state index contributed by atoms with van der Waals surface area (Å²) in [4.78, 5) is 14.4. The number of benzene rings is 2. The van der Waals surface area contributed by atoms with Crippen LogP contribution in [0.4, 0.5) is 11.4 Å². The fourth-order valence-corrected chi connectivity index (χ4v) is 4.04. The molecule has 0 atom stereocenters. The predicted octanol–water partition coefficient (Wildman–Crippen LogP) is 3.60. The first-order valence-corrected chi connectivity index (χ1v) is 11.4. The number of rotatable bonds is 8. The average Bonchev–Trinajstić information content (AvgIpc) is 2.74. The Balaban J connectivity index is 1.43. The lowest BCUT2D eigenvalue weighted by molar-refractivity contribution is -0.116. The summed E-state index contributed by atoms with van der Waals surface area (Å²) in [5, 5.41) is 3.92. The summed E-state index contributed by atoms with van der Waals surface area (Å²) in [5.74, 6) is -0.231. The standard InChI is InChI=1S/C22H27N3O3S/c26-22(13-15-23-29(27,28)18-14-19-7-3-1-4-8-19)24-20-9-11-21(12-10-20)25-16-5-2-6-17-25/h1,3-4,7-12,14,18,23H,2,5-6,13,15-17H2,(H,24,26)/b18-14+. The highest BCUT2D eigenvalue weighted by molar-refractivity contribution is 7.92. The first-order valence-electron chi connectivity index (χ1n) is 9.89. The minimum Gasteiger partial charge on any atom is -0.372 e. The molecule has 1 aliphatic heterocycles. The molecule has 2 aromatic rings. The minimum atomic E-state index is -3.58. The Bertz CT molecular complexity index is 920. The smallest absolute Gasteiger partial charge is 0.233 e. The third-order valence-corrected chi connectivity index (χ3v) is 5.87. The minimum absolute atomic E-state index is 0.0408. The summed E-state index contributed by atoms with van der Waals surface area (Å²) in [7, 11) is -3.58. The van der Waals surface area contributed by atoms with E-state index in [1.54, 1.807) is 0 Å². The van der Waals surface area contributed by atoms with E-state index in [0.717, 1.165) is 24.1 Å². The zero-order valence-electron chi connectivity index (χ0n) is 16.4. The highest BCUT2D eigenvalue weighted by Gasteiger charge is 2.11. The molecule has 1 heterocycles. The monoisotopic (exact) mass is 413 g/mol. The second-order valence-corrected chi connectivity index (χ2v) is 8.70. The number of anilines is 2. The van der Waals surface area contributed by atoms with Gasteiger partial charge in [-0.25, -0.2) is 13.1 Å². The number of carbonyl (C=O) groups is 1. The van der Waals surface area contributed by atoms with E-state index in [9.17, 15) is 13.2 Å². The number of nitrogens with one attached hydrogen (secondary N) is 2. The molecular weight excluding hydrogens is 386 g/mol. The van der Waals surface area contributed by atoms with Crippen molar-refractivity contribution in [2.24, 2.45) is 0 Å². The van der Waals surface area contributed by atoms with Crippen LogP contribution in [0.2, 0.25) is 0 Å². The molecule has 1 fully saturated rings. The van der Waals surface area contributed by atoms with Crippen molar-refractivity contribution in [2.75, 3.05) is 29.9 Å². The Kier molecular flexibility index (Phi) is 7.43. The van der Waals surface area contributed by atoms with E-state index in [-0.39, 0.29) is 18.9 Å². The van der Waals surface area contributed by atoms with Crippen LogP contribution in [0.1, 0.15) is 31.2 Å². The van der Waals surface area contributed by atoms with Gasteiger partial charge in [-0.15, -0.1) is 0 Å². The quantitative estimate of drug-likeness (QED) is 0.693. The van der Waals surface area contributed by atoms with Gasteiger partial charge in [0.2, 0.25) is 15.9 Å². The van der Waals surface area contributed by atoms with Crippen molar-refractivity contribution < 1.29 is 13.2 Å². The molecular formula is C22H27N3O3S. The van der Waals surface area contributed by atoms with Crippen LogP contribution in [0.5, 0.6) is 0 Å². The zero-order valence-corrected chi connectivity index (χ0v) is 17.2. The van der Waals surface area contributed by atoms with Crippen molar-refractivity contribution in [3.05, 3.63) is 65.6 Å². The molecule has 1 aliphatic rings. The normalized spacial score (nSPS) is 14.8. The summed E-state index contributed by atoms with van der Waals surface area (Å²) in [6.45, 7) is 2.19. The van der Waals surface area contributed by atoms with E-state index in [4.69, 9.17) is 0 Å². The molecule has 0 saturated carbocycles. The van der Waals surface area contributed by atoms with Crippen LogP contribution in [0.3, 0.4) is 0 Å². The summed E-state index contributed by atoms with van der Waals surface area (Å²) >= 11 is 0. The molecule has 1 amide bonds. The maximum absolute atomic E-state index is 12.1. The van der Waals surface area contributed by atoms with Gasteiger partial charge in [0.1, 0.15) is 0 Å². The van der Waals surface area contributed by atoms with Crippen molar-refractivity contribution >= 4 is 33.4 Å². The van der Waals surface area contributed by atoms with Crippen LogP contribution in [0.15, 0.2) is 60.0 Å². The van der Waals surface area contributed by atoms with Gasteiger partial charge in [-0.3, -0.25) is 4.79 Å². The first kappa shape index (κ1) is 21.1. The van der Waals surface area contributed by atoms with E-state index in [1.165, 1.54) is 31.0 Å². The fraction of sp³-hybridized carbons (Fsp3) is 0.318. The molecule has 29 heavy (non-hydrogen) atoms. The third-order valence-electron chi connectivity index (χ3n) is 4.77. The van der Waals surface area contributed by atoms with E-state index in [1.807, 2.05) is 54.6 Å². The molecule has 6 nitrogen and oxygen atoms in total. The number of carbonyl (C=O) groups excluding carboxylic acids is 1. The van der Waals surface area contributed by atoms with Crippen LogP contribution >= 0.6 is 0 Å². The van der Waals surface area contributed by atoms with Crippen LogP contribution in [0.25, 0.3) is 6.08 Å². The highest BCUT2D eigenvalue weighted by Crippen LogP contribution is 2.21. The van der Waals surface area contributed by atoms with Crippen molar-refractivity contribution in [3.63, 3.8) is 0 Å². The lowest BCUT2D eigenvalue weighted by Crippen LogP contribution is -2.29. The highest BCUT2D eigenvalue weighted by atomic mass is 32.2. The van der Waals surface area contributed by atoms with Crippen LogP contribution < -0.4 is 14.9 Å². The van der Waals surface area contributed by atoms with Crippen molar-refractivity contribution in [2.45, 2.75) is 25.7 Å². The molecule has 0 radical (unpaired) electrons. The van der Waals surface area contributed by atoms with Gasteiger partial charge in [-0.2, -0.15) is 0 Å². The molecule has 154 valence electrons. The van der Waals surface area contributed by atoms with E-state index in [0.29, 0.717) is 5.69 Å². The molecule has 1 saturated heterocycles. The number of nitrogens with zero attached hydrogens (tertiary/aromatic N) is 1. The molecule has 0 unspecified atom stereocenters. The predicted molar refractivity (Wildman–Crippen MR) is 118 cm³/mol. The second-order valence-electron chi connectivity index (χ2n) is 7.05. The molecule has 0 aliphatic carbocycles. The average molecular weight is 414 g/mol. The maximum atomic E-state index is 12.1. The Labute approximate surface area is 172 Å². The van der Waals surface area contributed by atoms with Crippen molar-refractivity contribution in [1.29, 1.82) is 0 Å². The Morgan fingerprint density at radius 3 is 2.34 bits per heavy atom. The van der Waals surface area contributed by atoms with Gasteiger partial charge >= 0.3 is 0 Å². The SMILES string of the molecule is O=C(CCNS(=O)(=O)/C=C/c1ccccc1)Nc1ccc(N2CCCCC2)cc1. The molecule has 0 bridgehead atoms. The van der Waals surface area contributed by atoms with Crippen LogP contribution in [-0.4, -0.2) is 34.0 Å². The van der Waals surface area contributed by atoms with Crippen LogP contribution in [-0.2, 0) is 14.8 Å². The Hall–Kier alpha value is -2.64. The number of piperidine rings is 1. The van der Waals surface area contributed by atoms with Gasteiger partial charge in [0, 0.05) is 42.8 Å². The van der Waals surface area contributed by atoms with Gasteiger partial charge in [0.05, 0.1) is 0 Å². The zero-order chi connectivity index (χ0) is 20.5. The molecule has 7 heteroatoms. The summed E-state index contributed by atoms with van der Waals surface area (Å²) in [5.41, 5.74) is 2.67. The number of hydrogen-bond acceptors (Lipinski definition) is 4. The third kappa shape index (κ3) is 7.03. The number of hydrogen-bond donors (Lipinski definition) is 2. The maximum Gasteiger partial charge on any atom is 0.233 e. The van der Waals surface area contributed by atoms with Crippen LogP contribution in [0, 0.1) is 0 Å². The van der Waals surface area contributed by atoms with Gasteiger partial charge in [-0.05, 0) is 55.2 Å². The Morgan fingerprint density at radius 2 is 1.66 bits per heavy atom. The van der Waals surface area contributed by atoms with Gasteiger partial charge in [0.25, 0.3) is 0 Å². The molecule has 0 aromatic heterocycles. The van der Waals surface area contributed by atoms with Gasteiger partial charge in [0.15, 0.2) is 0 Å². The van der Waals surface area contributed by atoms with E-state index >= 15 is 0 Å². The molecule has 3 rings (SSSR count). The first-order chi connectivity index (χ1) is 14.0. The lowest BCUT2D eigenvalue weighted by Gasteiger charge is -2.28. The van der Waals surface area contributed by atoms with Gasteiger partial charge in [-0.1, -0.05) is 30.3 Å². The summed E-state index contributed by atoms with van der Waals surface area (Å²) < 4.78 is 26.4. The molecule has 2 N–H and O–H groups in total. The van der Waals surface area contributed by atoms with Gasteiger partial charge < -0.3 is 10.2 Å².